The number of aryl methyl sites for hydroxylation is 1. The highest BCUT2D eigenvalue weighted by molar-refractivity contribution is 7.89. The fourth-order valence-corrected chi connectivity index (χ4v) is 2.81. The van der Waals surface area contributed by atoms with Crippen LogP contribution in [-0.2, 0) is 16.6 Å². The molecule has 6 nitrogen and oxygen atoms in total. The summed E-state index contributed by atoms with van der Waals surface area (Å²) >= 11 is 0. The number of sulfonamides is 1. The Balaban J connectivity index is 2.09. The first-order valence-corrected chi connectivity index (χ1v) is 7.54. The zero-order valence-electron chi connectivity index (χ0n) is 11.0. The highest BCUT2D eigenvalue weighted by atomic mass is 32.2. The van der Waals surface area contributed by atoms with Crippen molar-refractivity contribution in [3.63, 3.8) is 0 Å². The standard InChI is InChI=1S/C12H18N4O2S/c1-9-7-10(3-4-11(9)19(13,17)18)8-15-12-14-5-6-16(12)2/h3-4,7H,5-6,8H2,1-2H3,(H,14,15)(H2,13,17,18). The molecule has 7 heteroatoms. The first kappa shape index (κ1) is 13.8. The lowest BCUT2D eigenvalue weighted by atomic mass is 10.1. The van der Waals surface area contributed by atoms with Crippen LogP contribution in [0.25, 0.3) is 0 Å². The summed E-state index contributed by atoms with van der Waals surface area (Å²) in [5.74, 6) is 0.869. The van der Waals surface area contributed by atoms with Gasteiger partial charge < -0.3 is 10.2 Å². The number of rotatable bonds is 3. The Bertz CT molecular complexity index is 610. The molecule has 3 N–H and O–H groups in total. The zero-order chi connectivity index (χ0) is 14.0. The molecule has 2 rings (SSSR count). The fraction of sp³-hybridized carbons (Fsp3) is 0.417. The minimum absolute atomic E-state index is 0.173. The molecule has 0 radical (unpaired) electrons. The first-order chi connectivity index (χ1) is 8.88. The molecule has 0 bridgehead atoms. The summed E-state index contributed by atoms with van der Waals surface area (Å²) in [6.45, 7) is 4.07. The summed E-state index contributed by atoms with van der Waals surface area (Å²) in [6, 6.07) is 5.12. The monoisotopic (exact) mass is 282 g/mol. The van der Waals surface area contributed by atoms with E-state index in [1.54, 1.807) is 19.1 Å². The largest absolute Gasteiger partial charge is 0.352 e. The van der Waals surface area contributed by atoms with Crippen LogP contribution in [-0.4, -0.2) is 39.4 Å². The maximum Gasteiger partial charge on any atom is 0.238 e. The highest BCUT2D eigenvalue weighted by Gasteiger charge is 2.13. The number of aliphatic imine (C=N–C) groups is 1. The van der Waals surface area contributed by atoms with Crippen LogP contribution in [0.5, 0.6) is 0 Å². The summed E-state index contributed by atoms with van der Waals surface area (Å²) in [4.78, 5) is 6.55. The lowest BCUT2D eigenvalue weighted by molar-refractivity contribution is 0.534. The Labute approximate surface area is 113 Å². The summed E-state index contributed by atoms with van der Waals surface area (Å²) < 4.78 is 22.6. The normalized spacial score (nSPS) is 15.5. The molecule has 0 amide bonds. The van der Waals surface area contributed by atoms with E-state index >= 15 is 0 Å². The van der Waals surface area contributed by atoms with Crippen LogP contribution in [0.3, 0.4) is 0 Å². The van der Waals surface area contributed by atoms with Crippen LogP contribution in [0.4, 0.5) is 0 Å². The highest BCUT2D eigenvalue weighted by Crippen LogP contribution is 2.15. The van der Waals surface area contributed by atoms with Gasteiger partial charge in [0.15, 0.2) is 5.96 Å². The molecule has 1 aliphatic rings. The second-order valence-electron chi connectivity index (χ2n) is 4.63. The number of likely N-dealkylation sites (N-methyl/N-ethyl adjacent to an activating group) is 1. The number of benzene rings is 1. The van der Waals surface area contributed by atoms with E-state index in [1.165, 1.54) is 0 Å². The Morgan fingerprint density at radius 3 is 2.74 bits per heavy atom. The van der Waals surface area contributed by atoms with Gasteiger partial charge in [-0.3, -0.25) is 4.99 Å². The van der Waals surface area contributed by atoms with Gasteiger partial charge in [0.25, 0.3) is 0 Å². The topological polar surface area (TPSA) is 87.8 Å². The third kappa shape index (κ3) is 3.24. The molecule has 1 aromatic rings. The second-order valence-corrected chi connectivity index (χ2v) is 6.16. The molecule has 1 aromatic carbocycles. The molecular weight excluding hydrogens is 264 g/mol. The zero-order valence-corrected chi connectivity index (χ0v) is 11.9. The van der Waals surface area contributed by atoms with Crippen molar-refractivity contribution in [1.82, 2.24) is 10.2 Å². The maximum absolute atomic E-state index is 11.3. The third-order valence-corrected chi connectivity index (χ3v) is 4.13. The molecule has 0 atom stereocenters. The van der Waals surface area contributed by atoms with Crippen LogP contribution in [0.15, 0.2) is 28.1 Å². The van der Waals surface area contributed by atoms with Crippen molar-refractivity contribution >= 4 is 16.0 Å². The maximum atomic E-state index is 11.3. The predicted molar refractivity (Wildman–Crippen MR) is 74.3 cm³/mol. The predicted octanol–water partition coefficient (Wildman–Crippen LogP) is 0.0334. The van der Waals surface area contributed by atoms with Gasteiger partial charge in [0.05, 0.1) is 11.4 Å². The van der Waals surface area contributed by atoms with Crippen molar-refractivity contribution in [2.24, 2.45) is 10.1 Å². The number of hydrogen-bond donors (Lipinski definition) is 2. The van der Waals surface area contributed by atoms with Crippen molar-refractivity contribution < 1.29 is 8.42 Å². The van der Waals surface area contributed by atoms with Crippen molar-refractivity contribution in [2.75, 3.05) is 20.1 Å². The lowest BCUT2D eigenvalue weighted by Gasteiger charge is -2.15. The van der Waals surface area contributed by atoms with E-state index in [4.69, 9.17) is 5.14 Å². The van der Waals surface area contributed by atoms with Crippen LogP contribution in [0, 0.1) is 6.92 Å². The summed E-state index contributed by atoms with van der Waals surface area (Å²) in [5, 5.41) is 8.36. The number of primary sulfonamides is 1. The molecule has 0 spiro atoms. The first-order valence-electron chi connectivity index (χ1n) is 6.00. The molecule has 0 unspecified atom stereocenters. The van der Waals surface area contributed by atoms with E-state index in [1.807, 2.05) is 18.0 Å². The average molecular weight is 282 g/mol. The summed E-state index contributed by atoms with van der Waals surface area (Å²) in [7, 11) is -1.66. The van der Waals surface area contributed by atoms with Gasteiger partial charge in [-0.05, 0) is 24.1 Å². The van der Waals surface area contributed by atoms with Gasteiger partial charge in [0, 0.05) is 20.1 Å². The van der Waals surface area contributed by atoms with E-state index in [2.05, 4.69) is 10.3 Å². The number of hydrogen-bond acceptors (Lipinski definition) is 5. The molecule has 104 valence electrons. The van der Waals surface area contributed by atoms with Gasteiger partial charge in [0.1, 0.15) is 0 Å². The molecule has 0 saturated carbocycles. The van der Waals surface area contributed by atoms with E-state index < -0.39 is 10.0 Å². The van der Waals surface area contributed by atoms with Crippen LogP contribution in [0.1, 0.15) is 11.1 Å². The van der Waals surface area contributed by atoms with Gasteiger partial charge in [0.2, 0.25) is 10.0 Å². The number of guanidine groups is 1. The van der Waals surface area contributed by atoms with Crippen LogP contribution < -0.4 is 10.5 Å². The minimum atomic E-state index is -3.64. The molecule has 0 fully saturated rings. The molecule has 0 saturated heterocycles. The molecule has 1 aliphatic heterocycles. The van der Waals surface area contributed by atoms with Gasteiger partial charge in [-0.25, -0.2) is 13.6 Å². The number of nitrogens with two attached hydrogens (primary N) is 1. The summed E-state index contributed by atoms with van der Waals surface area (Å²) in [5.41, 5.74) is 1.65. The smallest absolute Gasteiger partial charge is 0.238 e. The molecule has 0 aliphatic carbocycles. The quantitative estimate of drug-likeness (QED) is 0.819. The molecule has 1 heterocycles. The summed E-state index contributed by atoms with van der Waals surface area (Å²) in [6.07, 6.45) is 0. The van der Waals surface area contributed by atoms with Crippen molar-refractivity contribution in [2.45, 2.75) is 18.4 Å². The fourth-order valence-electron chi connectivity index (χ4n) is 2.05. The second kappa shape index (κ2) is 5.18. The van der Waals surface area contributed by atoms with E-state index in [-0.39, 0.29) is 4.90 Å². The van der Waals surface area contributed by atoms with Gasteiger partial charge in [-0.2, -0.15) is 0 Å². The van der Waals surface area contributed by atoms with Crippen LogP contribution >= 0.6 is 0 Å². The van der Waals surface area contributed by atoms with Gasteiger partial charge >= 0.3 is 0 Å². The van der Waals surface area contributed by atoms with Gasteiger partial charge in [-0.15, -0.1) is 0 Å². The Hall–Kier alpha value is -1.60. The van der Waals surface area contributed by atoms with Crippen LogP contribution in [0.2, 0.25) is 0 Å². The van der Waals surface area contributed by atoms with Gasteiger partial charge in [-0.1, -0.05) is 12.1 Å². The Morgan fingerprint density at radius 2 is 2.21 bits per heavy atom. The van der Waals surface area contributed by atoms with E-state index in [9.17, 15) is 8.42 Å². The van der Waals surface area contributed by atoms with Crippen molar-refractivity contribution in [3.8, 4) is 0 Å². The minimum Gasteiger partial charge on any atom is -0.352 e. The average Bonchev–Trinajstić information content (AvgIpc) is 2.70. The van der Waals surface area contributed by atoms with E-state index in [0.29, 0.717) is 12.1 Å². The Kier molecular flexibility index (Phi) is 3.77. The Morgan fingerprint density at radius 1 is 1.47 bits per heavy atom. The number of nitrogens with zero attached hydrogens (tertiary/aromatic N) is 2. The molecular formula is C12H18N4O2S. The molecule has 0 aromatic heterocycles. The lowest BCUT2D eigenvalue weighted by Crippen LogP contribution is -2.35. The number of nitrogens with one attached hydrogen (secondary N) is 1. The SMILES string of the molecule is Cc1cc(CNC2=NCCN2C)ccc1S(N)(=O)=O. The molecule has 19 heavy (non-hydrogen) atoms. The van der Waals surface area contributed by atoms with E-state index in [0.717, 1.165) is 24.6 Å². The van der Waals surface area contributed by atoms with Crippen molar-refractivity contribution in [1.29, 1.82) is 0 Å². The third-order valence-electron chi connectivity index (χ3n) is 3.06. The van der Waals surface area contributed by atoms with Crippen molar-refractivity contribution in [3.05, 3.63) is 29.3 Å².